The molecule has 0 saturated heterocycles. The third kappa shape index (κ3) is 2.20. The van der Waals surface area contributed by atoms with Gasteiger partial charge in [-0.3, -0.25) is 0 Å². The molecular formula is C9H9BrF3N. The minimum atomic E-state index is -0.797. The molecule has 0 heterocycles. The first-order valence-corrected chi connectivity index (χ1v) is 4.75. The highest BCUT2D eigenvalue weighted by Crippen LogP contribution is 2.26. The maximum Gasteiger partial charge on any atom is 0.117 e. The van der Waals surface area contributed by atoms with E-state index in [0.29, 0.717) is 11.3 Å². The highest BCUT2D eigenvalue weighted by Gasteiger charge is 2.10. The molecule has 0 aromatic heterocycles. The van der Waals surface area contributed by atoms with Gasteiger partial charge in [0.1, 0.15) is 20.0 Å². The van der Waals surface area contributed by atoms with Crippen molar-refractivity contribution in [2.75, 3.05) is 4.34 Å². The van der Waals surface area contributed by atoms with Crippen LogP contribution in [0.4, 0.5) is 18.9 Å². The molecule has 0 fully saturated rings. The van der Waals surface area contributed by atoms with Crippen LogP contribution in [0.2, 0.25) is 0 Å². The van der Waals surface area contributed by atoms with Gasteiger partial charge in [-0.15, -0.1) is 0 Å². The van der Waals surface area contributed by atoms with Gasteiger partial charge < -0.3 is 4.34 Å². The standard InChI is InChI=1S/C9H9BrF3N/c10-14-9-2-6(3-11)1-7(4-12)8(9)5-13/h1-2,14H,3-5H2. The van der Waals surface area contributed by atoms with E-state index < -0.39 is 20.0 Å². The number of rotatable bonds is 4. The van der Waals surface area contributed by atoms with Gasteiger partial charge in [-0.2, -0.15) is 0 Å². The summed E-state index contributed by atoms with van der Waals surface area (Å²) >= 11 is 2.91. The molecule has 0 aliphatic heterocycles. The summed E-state index contributed by atoms with van der Waals surface area (Å²) in [6.07, 6.45) is 0. The van der Waals surface area contributed by atoms with Crippen LogP contribution in [0.1, 0.15) is 16.7 Å². The molecule has 1 N–H and O–H groups in total. The largest absolute Gasteiger partial charge is 0.322 e. The Bertz CT molecular complexity index is 292. The van der Waals surface area contributed by atoms with Gasteiger partial charge in [-0.25, -0.2) is 13.2 Å². The second-order valence-electron chi connectivity index (χ2n) is 2.78. The van der Waals surface area contributed by atoms with Crippen molar-refractivity contribution in [2.45, 2.75) is 20.0 Å². The zero-order valence-electron chi connectivity index (χ0n) is 7.29. The molecular weight excluding hydrogens is 259 g/mol. The van der Waals surface area contributed by atoms with E-state index in [2.05, 4.69) is 20.5 Å². The lowest BCUT2D eigenvalue weighted by molar-refractivity contribution is 0.452. The van der Waals surface area contributed by atoms with Gasteiger partial charge in [-0.1, -0.05) is 6.07 Å². The Hall–Kier alpha value is -0.710. The van der Waals surface area contributed by atoms with Gasteiger partial charge in [0.15, 0.2) is 0 Å². The average Bonchev–Trinajstić information content (AvgIpc) is 2.26. The average molecular weight is 268 g/mol. The van der Waals surface area contributed by atoms with Gasteiger partial charge in [-0.05, 0) is 17.2 Å². The van der Waals surface area contributed by atoms with Gasteiger partial charge in [0.05, 0.1) is 5.69 Å². The van der Waals surface area contributed by atoms with E-state index in [-0.39, 0.29) is 11.1 Å². The summed E-state index contributed by atoms with van der Waals surface area (Å²) in [6.45, 7) is -2.27. The Morgan fingerprint density at radius 3 is 2.21 bits per heavy atom. The Morgan fingerprint density at radius 2 is 1.79 bits per heavy atom. The quantitative estimate of drug-likeness (QED) is 0.818. The van der Waals surface area contributed by atoms with Crippen LogP contribution in [0.3, 0.4) is 0 Å². The Balaban J connectivity index is 3.24. The van der Waals surface area contributed by atoms with Gasteiger partial charge in [0.2, 0.25) is 0 Å². The number of alkyl halides is 3. The summed E-state index contributed by atoms with van der Waals surface area (Å²) in [4.78, 5) is 0. The molecule has 0 radical (unpaired) electrons. The maximum atomic E-state index is 12.5. The lowest BCUT2D eigenvalue weighted by Gasteiger charge is -2.10. The molecule has 78 valence electrons. The molecule has 14 heavy (non-hydrogen) atoms. The maximum absolute atomic E-state index is 12.5. The predicted molar refractivity (Wildman–Crippen MR) is 53.4 cm³/mol. The molecule has 0 bridgehead atoms. The van der Waals surface area contributed by atoms with E-state index in [9.17, 15) is 13.2 Å². The van der Waals surface area contributed by atoms with Crippen LogP contribution < -0.4 is 4.34 Å². The minimum absolute atomic E-state index is 0.185. The van der Waals surface area contributed by atoms with E-state index >= 15 is 0 Å². The predicted octanol–water partition coefficient (Wildman–Crippen LogP) is 3.82. The summed E-state index contributed by atoms with van der Waals surface area (Å²) < 4.78 is 39.9. The molecule has 0 saturated carbocycles. The van der Waals surface area contributed by atoms with Gasteiger partial charge in [0.25, 0.3) is 0 Å². The van der Waals surface area contributed by atoms with Crippen LogP contribution in [0.25, 0.3) is 0 Å². The van der Waals surface area contributed by atoms with E-state index in [1.807, 2.05) is 0 Å². The van der Waals surface area contributed by atoms with Crippen molar-refractivity contribution in [3.8, 4) is 0 Å². The smallest absolute Gasteiger partial charge is 0.117 e. The van der Waals surface area contributed by atoms with Crippen molar-refractivity contribution >= 4 is 21.8 Å². The number of halogens is 4. The third-order valence-corrected chi connectivity index (χ3v) is 2.36. The fraction of sp³-hybridized carbons (Fsp3) is 0.333. The lowest BCUT2D eigenvalue weighted by atomic mass is 10.0. The van der Waals surface area contributed by atoms with E-state index in [0.717, 1.165) is 0 Å². The van der Waals surface area contributed by atoms with Crippen LogP contribution in [-0.4, -0.2) is 0 Å². The fourth-order valence-electron chi connectivity index (χ4n) is 1.24. The van der Waals surface area contributed by atoms with E-state index in [1.165, 1.54) is 12.1 Å². The summed E-state index contributed by atoms with van der Waals surface area (Å²) in [5.41, 5.74) is 1.11. The first-order valence-electron chi connectivity index (χ1n) is 3.96. The number of hydrogen-bond donors (Lipinski definition) is 1. The van der Waals surface area contributed by atoms with Crippen molar-refractivity contribution in [2.24, 2.45) is 0 Å². The van der Waals surface area contributed by atoms with E-state index in [4.69, 9.17) is 0 Å². The molecule has 0 aliphatic carbocycles. The van der Waals surface area contributed by atoms with Crippen LogP contribution in [0.5, 0.6) is 0 Å². The van der Waals surface area contributed by atoms with Crippen molar-refractivity contribution in [1.29, 1.82) is 0 Å². The minimum Gasteiger partial charge on any atom is -0.322 e. The Morgan fingerprint density at radius 1 is 1.07 bits per heavy atom. The van der Waals surface area contributed by atoms with Gasteiger partial charge >= 0.3 is 0 Å². The Labute approximate surface area is 88.7 Å². The second kappa shape index (κ2) is 5.24. The molecule has 1 aromatic rings. The molecule has 1 rings (SSSR count). The van der Waals surface area contributed by atoms with Crippen LogP contribution in [0, 0.1) is 0 Å². The molecule has 0 atom stereocenters. The highest BCUT2D eigenvalue weighted by atomic mass is 79.9. The van der Waals surface area contributed by atoms with Crippen molar-refractivity contribution < 1.29 is 13.2 Å². The second-order valence-corrected chi connectivity index (χ2v) is 3.17. The summed E-state index contributed by atoms with van der Waals surface area (Å²) in [5.74, 6) is 0. The van der Waals surface area contributed by atoms with Crippen LogP contribution in [0.15, 0.2) is 12.1 Å². The van der Waals surface area contributed by atoms with Crippen LogP contribution in [-0.2, 0) is 20.0 Å². The fourth-order valence-corrected chi connectivity index (χ4v) is 1.59. The molecule has 0 aliphatic rings. The first-order chi connectivity index (χ1) is 6.76. The number of nitrogens with one attached hydrogen (secondary N) is 1. The molecule has 0 unspecified atom stereocenters. The summed E-state index contributed by atoms with van der Waals surface area (Å²) in [6, 6.07) is 2.78. The molecule has 1 nitrogen and oxygen atoms in total. The van der Waals surface area contributed by atoms with E-state index in [1.54, 1.807) is 0 Å². The number of benzene rings is 1. The van der Waals surface area contributed by atoms with Crippen LogP contribution >= 0.6 is 16.1 Å². The first kappa shape index (κ1) is 11.4. The molecule has 0 spiro atoms. The topological polar surface area (TPSA) is 12.0 Å². The lowest BCUT2D eigenvalue weighted by Crippen LogP contribution is -1.97. The normalized spacial score (nSPS) is 10.3. The number of hydrogen-bond acceptors (Lipinski definition) is 1. The van der Waals surface area contributed by atoms with Crippen molar-refractivity contribution in [1.82, 2.24) is 0 Å². The van der Waals surface area contributed by atoms with Crippen molar-refractivity contribution in [3.63, 3.8) is 0 Å². The Kier molecular flexibility index (Phi) is 4.25. The monoisotopic (exact) mass is 267 g/mol. The SMILES string of the molecule is FCc1cc(CF)c(CF)c(NBr)c1. The highest BCUT2D eigenvalue weighted by molar-refractivity contribution is 9.10. The zero-order chi connectivity index (χ0) is 10.6. The molecule has 0 amide bonds. The molecule has 5 heteroatoms. The summed E-state index contributed by atoms with van der Waals surface area (Å²) in [7, 11) is 0. The van der Waals surface area contributed by atoms with Crippen molar-refractivity contribution in [3.05, 3.63) is 28.8 Å². The molecule has 1 aromatic carbocycles. The summed E-state index contributed by atoms with van der Waals surface area (Å²) in [5, 5.41) is 0. The number of anilines is 1. The van der Waals surface area contributed by atoms with Gasteiger partial charge in [0, 0.05) is 21.7 Å². The zero-order valence-corrected chi connectivity index (χ0v) is 8.87. The third-order valence-electron chi connectivity index (χ3n) is 1.94.